The Morgan fingerprint density at radius 2 is 1.77 bits per heavy atom. The van der Waals surface area contributed by atoms with Crippen LogP contribution in [0.15, 0.2) is 88.6 Å². The van der Waals surface area contributed by atoms with Crippen LogP contribution in [-0.4, -0.2) is 17.5 Å². The molecule has 4 aromatic rings. The summed E-state index contributed by atoms with van der Waals surface area (Å²) in [6, 6.07) is 22.5. The fourth-order valence-corrected chi connectivity index (χ4v) is 3.82. The van der Waals surface area contributed by atoms with Crippen LogP contribution in [0, 0.1) is 0 Å². The van der Waals surface area contributed by atoms with Gasteiger partial charge in [0.25, 0.3) is 11.8 Å². The number of rotatable bonds is 5. The van der Waals surface area contributed by atoms with Crippen LogP contribution < -0.4 is 10.3 Å². The van der Waals surface area contributed by atoms with Crippen molar-refractivity contribution in [2.24, 2.45) is 5.10 Å². The fraction of sp³-hybridized carbons (Fsp3) is 0.0800. The summed E-state index contributed by atoms with van der Waals surface area (Å²) in [5, 5.41) is 6.13. The van der Waals surface area contributed by atoms with Gasteiger partial charge in [-0.2, -0.15) is 5.10 Å². The van der Waals surface area contributed by atoms with Crippen LogP contribution in [-0.2, 0) is 6.54 Å². The van der Waals surface area contributed by atoms with Crippen molar-refractivity contribution in [3.05, 3.63) is 102 Å². The second-order valence-electron chi connectivity index (χ2n) is 7.38. The first-order valence-electron chi connectivity index (χ1n) is 9.93. The summed E-state index contributed by atoms with van der Waals surface area (Å²) in [6.07, 6.45) is 1.55. The molecule has 0 aliphatic carbocycles. The predicted octanol–water partition coefficient (Wildman–Crippen LogP) is 4.75. The van der Waals surface area contributed by atoms with Gasteiger partial charge in [-0.15, -0.1) is 0 Å². The Kier molecular flexibility index (Phi) is 4.59. The summed E-state index contributed by atoms with van der Waals surface area (Å²) in [7, 11) is 0. The molecule has 6 nitrogen and oxygen atoms in total. The molecule has 6 heteroatoms. The zero-order valence-corrected chi connectivity index (χ0v) is 16.8. The minimum Gasteiger partial charge on any atom is -0.463 e. The molecule has 2 heterocycles. The van der Waals surface area contributed by atoms with Crippen LogP contribution in [0.5, 0.6) is 0 Å². The summed E-state index contributed by atoms with van der Waals surface area (Å²) < 4.78 is 5.25. The average molecular weight is 409 g/mol. The van der Waals surface area contributed by atoms with Gasteiger partial charge in [-0.05, 0) is 54.3 Å². The van der Waals surface area contributed by atoms with E-state index in [0.29, 0.717) is 23.6 Å². The van der Waals surface area contributed by atoms with Gasteiger partial charge in [0.1, 0.15) is 11.5 Å². The minimum atomic E-state index is -0.313. The highest BCUT2D eigenvalue weighted by atomic mass is 16.3. The summed E-state index contributed by atoms with van der Waals surface area (Å²) in [5.41, 5.74) is 6.19. The molecule has 31 heavy (non-hydrogen) atoms. The second-order valence-corrected chi connectivity index (χ2v) is 7.38. The van der Waals surface area contributed by atoms with Gasteiger partial charge >= 0.3 is 0 Å². The van der Waals surface area contributed by atoms with Crippen molar-refractivity contribution in [1.29, 1.82) is 0 Å². The van der Waals surface area contributed by atoms with Crippen LogP contribution in [0.1, 0.15) is 39.0 Å². The van der Waals surface area contributed by atoms with E-state index in [1.807, 2.05) is 48.5 Å². The first-order chi connectivity index (χ1) is 15.1. The molecule has 1 aliphatic rings. The maximum absolute atomic E-state index is 12.9. The highest BCUT2D eigenvalue weighted by Crippen LogP contribution is 2.37. The molecule has 1 aromatic heterocycles. The highest BCUT2D eigenvalue weighted by Gasteiger charge is 2.29. The van der Waals surface area contributed by atoms with Gasteiger partial charge in [-0.1, -0.05) is 36.4 Å². The van der Waals surface area contributed by atoms with Crippen molar-refractivity contribution in [1.82, 2.24) is 5.43 Å². The Hall–Kier alpha value is -4.19. The zero-order valence-electron chi connectivity index (χ0n) is 16.8. The average Bonchev–Trinajstić information content (AvgIpc) is 3.43. The number of amides is 2. The van der Waals surface area contributed by atoms with Crippen LogP contribution in [0.3, 0.4) is 0 Å². The number of hydrazone groups is 1. The topological polar surface area (TPSA) is 74.9 Å². The van der Waals surface area contributed by atoms with Crippen LogP contribution >= 0.6 is 0 Å². The number of hydrogen-bond donors (Lipinski definition) is 1. The third-order valence-corrected chi connectivity index (χ3v) is 5.41. The van der Waals surface area contributed by atoms with Crippen molar-refractivity contribution in [3.63, 3.8) is 0 Å². The first kappa shape index (κ1) is 18.8. The van der Waals surface area contributed by atoms with Crippen LogP contribution in [0.25, 0.3) is 10.8 Å². The lowest BCUT2D eigenvalue weighted by Crippen LogP contribution is -2.26. The smallest absolute Gasteiger partial charge is 0.271 e. The van der Waals surface area contributed by atoms with Crippen LogP contribution in [0.2, 0.25) is 0 Å². The third-order valence-electron chi connectivity index (χ3n) is 5.41. The molecule has 0 saturated heterocycles. The SMILES string of the molecule is C/C(=N/NC(=O)c1ccc(CN2C(=O)c3cccc4cccc2c34)cc1)c1ccco1. The standard InChI is InChI=1S/C25H19N3O3/c1-16(22-9-4-14-31-22)26-27-24(29)19-12-10-17(11-13-19)15-28-21-8-3-6-18-5-2-7-20(23(18)21)25(28)30/h2-14H,15H2,1H3,(H,27,29)/b26-16-. The van der Waals surface area contributed by atoms with E-state index in [2.05, 4.69) is 10.5 Å². The van der Waals surface area contributed by atoms with Crippen molar-refractivity contribution >= 4 is 34.0 Å². The van der Waals surface area contributed by atoms with Gasteiger partial charge in [-0.3, -0.25) is 9.59 Å². The van der Waals surface area contributed by atoms with E-state index in [0.717, 1.165) is 27.6 Å². The van der Waals surface area contributed by atoms with Crippen molar-refractivity contribution in [2.45, 2.75) is 13.5 Å². The van der Waals surface area contributed by atoms with E-state index in [-0.39, 0.29) is 11.8 Å². The summed E-state index contributed by atoms with van der Waals surface area (Å²) >= 11 is 0. The molecule has 3 aromatic carbocycles. The van der Waals surface area contributed by atoms with Crippen molar-refractivity contribution in [3.8, 4) is 0 Å². The highest BCUT2D eigenvalue weighted by molar-refractivity contribution is 6.24. The van der Waals surface area contributed by atoms with Gasteiger partial charge in [-0.25, -0.2) is 5.43 Å². The fourth-order valence-electron chi connectivity index (χ4n) is 3.82. The molecule has 0 bridgehead atoms. The van der Waals surface area contributed by atoms with Gasteiger partial charge in [0, 0.05) is 16.5 Å². The predicted molar refractivity (Wildman–Crippen MR) is 119 cm³/mol. The molecule has 5 rings (SSSR count). The molecule has 0 fully saturated rings. The molecule has 0 saturated carbocycles. The normalized spacial score (nSPS) is 13.1. The quantitative estimate of drug-likeness (QED) is 0.382. The van der Waals surface area contributed by atoms with E-state index in [9.17, 15) is 9.59 Å². The molecule has 1 N–H and O–H groups in total. The van der Waals surface area contributed by atoms with Gasteiger partial charge < -0.3 is 9.32 Å². The Balaban J connectivity index is 1.31. The number of benzene rings is 3. The molecule has 0 spiro atoms. The Labute approximate surface area is 178 Å². The van der Waals surface area contributed by atoms with E-state index >= 15 is 0 Å². The minimum absolute atomic E-state index is 0.00337. The number of nitrogens with zero attached hydrogens (tertiary/aromatic N) is 2. The third kappa shape index (κ3) is 3.38. The van der Waals surface area contributed by atoms with Gasteiger partial charge in [0.05, 0.1) is 18.5 Å². The van der Waals surface area contributed by atoms with E-state index in [1.165, 1.54) is 0 Å². The Morgan fingerprint density at radius 1 is 1.00 bits per heavy atom. The Morgan fingerprint density at radius 3 is 2.52 bits per heavy atom. The van der Waals surface area contributed by atoms with Crippen molar-refractivity contribution in [2.75, 3.05) is 4.90 Å². The molecule has 0 atom stereocenters. The molecule has 0 radical (unpaired) electrons. The lowest BCUT2D eigenvalue weighted by Gasteiger charge is -2.18. The van der Waals surface area contributed by atoms with E-state index in [4.69, 9.17) is 4.42 Å². The van der Waals surface area contributed by atoms with Gasteiger partial charge in [0.2, 0.25) is 0 Å². The number of furan rings is 1. The molecular formula is C25H19N3O3. The number of hydrogen-bond acceptors (Lipinski definition) is 4. The van der Waals surface area contributed by atoms with Crippen LogP contribution in [0.4, 0.5) is 5.69 Å². The first-order valence-corrected chi connectivity index (χ1v) is 9.93. The monoisotopic (exact) mass is 409 g/mol. The largest absolute Gasteiger partial charge is 0.463 e. The van der Waals surface area contributed by atoms with Crippen molar-refractivity contribution < 1.29 is 14.0 Å². The van der Waals surface area contributed by atoms with E-state index < -0.39 is 0 Å². The number of carbonyl (C=O) groups excluding carboxylic acids is 2. The zero-order chi connectivity index (χ0) is 21.4. The maximum Gasteiger partial charge on any atom is 0.271 e. The maximum atomic E-state index is 12.9. The van der Waals surface area contributed by atoms with Gasteiger partial charge in [0.15, 0.2) is 0 Å². The molecule has 152 valence electrons. The lowest BCUT2D eigenvalue weighted by atomic mass is 10.1. The number of anilines is 1. The lowest BCUT2D eigenvalue weighted by molar-refractivity contribution is 0.0953. The molecule has 2 amide bonds. The number of nitrogens with one attached hydrogen (secondary N) is 1. The summed E-state index contributed by atoms with van der Waals surface area (Å²) in [4.78, 5) is 27.1. The van der Waals surface area contributed by atoms with E-state index in [1.54, 1.807) is 42.4 Å². The molecular weight excluding hydrogens is 390 g/mol. The summed E-state index contributed by atoms with van der Waals surface area (Å²) in [5.74, 6) is 0.283. The molecule has 1 aliphatic heterocycles. The second kappa shape index (κ2) is 7.57. The summed E-state index contributed by atoms with van der Waals surface area (Å²) in [6.45, 7) is 2.19. The Bertz CT molecular complexity index is 1320. The number of carbonyl (C=O) groups is 2. The molecule has 0 unspecified atom stereocenters.